The number of H-pyrrole nitrogens is 2. The summed E-state index contributed by atoms with van der Waals surface area (Å²) in [5.74, 6) is 0. The van der Waals surface area contributed by atoms with Crippen molar-refractivity contribution < 1.29 is 0 Å². The number of nitrogens with one attached hydrogen (secondary N) is 2. The largest absolute Gasteiger partial charge is 0.355 e. The predicted octanol–water partition coefficient (Wildman–Crippen LogP) is 7.95. The average Bonchev–Trinajstić information content (AvgIpc) is 3.60. The molecule has 168 valence electrons. The van der Waals surface area contributed by atoms with Crippen LogP contribution in [0.15, 0.2) is 42.5 Å². The van der Waals surface area contributed by atoms with E-state index in [4.69, 9.17) is 9.97 Å². The molecule has 0 radical (unpaired) electrons. The highest BCUT2D eigenvalue weighted by atomic mass is 14.8. The van der Waals surface area contributed by atoms with Gasteiger partial charge in [0.2, 0.25) is 0 Å². The number of hydrogen-bond donors (Lipinski definition) is 2. The molecule has 5 heterocycles. The lowest BCUT2D eigenvalue weighted by Crippen LogP contribution is -1.92. The number of hydrogen-bond acceptors (Lipinski definition) is 2. The van der Waals surface area contributed by atoms with Crippen molar-refractivity contribution in [3.8, 4) is 0 Å². The number of aromatic amines is 2. The zero-order chi connectivity index (χ0) is 22.5. The Kier molecular flexibility index (Phi) is 6.52. The van der Waals surface area contributed by atoms with Gasteiger partial charge in [0.15, 0.2) is 0 Å². The van der Waals surface area contributed by atoms with Crippen LogP contribution >= 0.6 is 0 Å². The normalized spacial score (nSPS) is 12.5. The molecule has 0 aliphatic carbocycles. The average molecular weight is 437 g/mol. The van der Waals surface area contributed by atoms with E-state index >= 15 is 0 Å². The molecule has 2 N–H and O–H groups in total. The summed E-state index contributed by atoms with van der Waals surface area (Å²) < 4.78 is 0. The summed E-state index contributed by atoms with van der Waals surface area (Å²) in [6.45, 7) is 2.27. The maximum atomic E-state index is 4.97. The number of nitrogens with zero attached hydrogens (tertiary/aromatic N) is 2. The molecular weight excluding hydrogens is 404 g/mol. The predicted molar refractivity (Wildman–Crippen MR) is 141 cm³/mol. The van der Waals surface area contributed by atoms with E-state index in [1.165, 1.54) is 50.5 Å². The SMILES string of the molecule is CCCCCCCCCc1c2nc(cc3ccc(cc4nc(cc5ccc1[nH]5)C=C4)[nH]3)C=C2. The lowest BCUT2D eigenvalue weighted by atomic mass is 10.0. The maximum absolute atomic E-state index is 4.97. The number of aromatic nitrogens is 4. The molecule has 0 unspecified atom stereocenters. The van der Waals surface area contributed by atoms with Gasteiger partial charge in [-0.05, 0) is 79.6 Å². The van der Waals surface area contributed by atoms with Gasteiger partial charge in [-0.15, -0.1) is 0 Å². The number of fused-ring (bicyclic) bond motifs is 8. The van der Waals surface area contributed by atoms with Crippen LogP contribution < -0.4 is 0 Å². The molecule has 0 saturated carbocycles. The standard InChI is InChI=1S/C29H32N4/c1-2-3-4-5-6-7-8-9-27-28-16-14-25(32-28)19-23-12-10-21(30-23)18-22-11-13-24(31-22)20-26-15-17-29(27)33-26/h10-20,30,33H,2-9H2,1H3. The molecular formula is C29H32N4. The second-order valence-electron chi connectivity index (χ2n) is 9.03. The summed E-state index contributed by atoms with van der Waals surface area (Å²) in [7, 11) is 0. The lowest BCUT2D eigenvalue weighted by Gasteiger charge is -2.04. The number of unbranched alkanes of at least 4 members (excludes halogenated alkanes) is 6. The Labute approximate surface area is 195 Å². The fourth-order valence-corrected chi connectivity index (χ4v) is 4.59. The molecule has 0 atom stereocenters. The van der Waals surface area contributed by atoms with Gasteiger partial charge in [-0.1, -0.05) is 45.4 Å². The second-order valence-corrected chi connectivity index (χ2v) is 9.03. The second kappa shape index (κ2) is 10.0. The minimum absolute atomic E-state index is 0.952. The lowest BCUT2D eigenvalue weighted by molar-refractivity contribution is 0.589. The van der Waals surface area contributed by atoms with Crippen molar-refractivity contribution in [2.75, 3.05) is 0 Å². The highest BCUT2D eigenvalue weighted by Gasteiger charge is 2.09. The first-order valence-corrected chi connectivity index (χ1v) is 12.3. The monoisotopic (exact) mass is 436 g/mol. The molecule has 4 nitrogen and oxygen atoms in total. The first kappa shape index (κ1) is 21.4. The summed E-state index contributed by atoms with van der Waals surface area (Å²) in [5.41, 5.74) is 9.57. The van der Waals surface area contributed by atoms with Crippen molar-refractivity contribution in [1.82, 2.24) is 19.9 Å². The van der Waals surface area contributed by atoms with Crippen molar-refractivity contribution in [2.45, 2.75) is 58.3 Å². The van der Waals surface area contributed by atoms with Gasteiger partial charge < -0.3 is 9.97 Å². The molecule has 2 aliphatic rings. The van der Waals surface area contributed by atoms with Crippen molar-refractivity contribution in [3.63, 3.8) is 0 Å². The van der Waals surface area contributed by atoms with E-state index in [1.807, 2.05) is 0 Å². The zero-order valence-corrected chi connectivity index (χ0v) is 19.4. The van der Waals surface area contributed by atoms with Crippen LogP contribution in [0.4, 0.5) is 0 Å². The minimum Gasteiger partial charge on any atom is -0.355 e. The van der Waals surface area contributed by atoms with Crippen LogP contribution in [-0.2, 0) is 6.42 Å². The summed E-state index contributed by atoms with van der Waals surface area (Å²) in [5, 5.41) is 0. The molecule has 4 heteroatoms. The fraction of sp³-hybridized carbons (Fsp3) is 0.310. The zero-order valence-electron chi connectivity index (χ0n) is 19.4. The van der Waals surface area contributed by atoms with E-state index in [9.17, 15) is 0 Å². The molecule has 3 aromatic heterocycles. The topological polar surface area (TPSA) is 57.4 Å². The molecule has 0 aromatic carbocycles. The van der Waals surface area contributed by atoms with Crippen molar-refractivity contribution in [2.24, 2.45) is 0 Å². The summed E-state index contributed by atoms with van der Waals surface area (Å²) in [4.78, 5) is 16.8. The molecule has 0 saturated heterocycles. The summed E-state index contributed by atoms with van der Waals surface area (Å²) in [6.07, 6.45) is 18.6. The van der Waals surface area contributed by atoms with Gasteiger partial charge >= 0.3 is 0 Å². The summed E-state index contributed by atoms with van der Waals surface area (Å²) in [6, 6.07) is 14.8. The van der Waals surface area contributed by atoms with E-state index < -0.39 is 0 Å². The Morgan fingerprint density at radius 2 is 1.18 bits per heavy atom. The Morgan fingerprint density at radius 1 is 0.606 bits per heavy atom. The van der Waals surface area contributed by atoms with Gasteiger partial charge in [-0.2, -0.15) is 0 Å². The van der Waals surface area contributed by atoms with E-state index in [2.05, 4.69) is 83.7 Å². The van der Waals surface area contributed by atoms with Crippen LogP contribution in [0, 0.1) is 0 Å². The minimum atomic E-state index is 0.952. The quantitative estimate of drug-likeness (QED) is 0.242. The molecule has 2 aliphatic heterocycles. The molecule has 33 heavy (non-hydrogen) atoms. The summed E-state index contributed by atoms with van der Waals surface area (Å²) >= 11 is 0. The highest BCUT2D eigenvalue weighted by molar-refractivity contribution is 5.79. The third-order valence-electron chi connectivity index (χ3n) is 6.36. The molecule has 5 rings (SSSR count). The Hall–Kier alpha value is -3.40. The molecule has 0 fully saturated rings. The Bertz CT molecular complexity index is 1340. The van der Waals surface area contributed by atoms with Crippen LogP contribution in [0.25, 0.3) is 46.4 Å². The first-order chi connectivity index (χ1) is 16.3. The number of rotatable bonds is 8. The van der Waals surface area contributed by atoms with E-state index in [1.54, 1.807) is 0 Å². The third kappa shape index (κ3) is 5.33. The van der Waals surface area contributed by atoms with Gasteiger partial charge in [0.1, 0.15) is 0 Å². The Balaban J connectivity index is 1.54. The van der Waals surface area contributed by atoms with Gasteiger partial charge in [-0.3, -0.25) is 0 Å². The smallest absolute Gasteiger partial charge is 0.0690 e. The van der Waals surface area contributed by atoms with E-state index in [0.717, 1.165) is 51.3 Å². The van der Waals surface area contributed by atoms with Crippen LogP contribution in [0.2, 0.25) is 0 Å². The molecule has 3 aromatic rings. The van der Waals surface area contributed by atoms with E-state index in [0.29, 0.717) is 0 Å². The van der Waals surface area contributed by atoms with Crippen LogP contribution in [0.1, 0.15) is 80.2 Å². The molecule has 0 spiro atoms. The van der Waals surface area contributed by atoms with E-state index in [-0.39, 0.29) is 0 Å². The first-order valence-electron chi connectivity index (χ1n) is 12.3. The Morgan fingerprint density at radius 3 is 1.91 bits per heavy atom. The molecule has 8 bridgehead atoms. The molecule has 0 amide bonds. The van der Waals surface area contributed by atoms with Crippen molar-refractivity contribution in [1.29, 1.82) is 0 Å². The van der Waals surface area contributed by atoms with Crippen LogP contribution in [-0.4, -0.2) is 19.9 Å². The number of aryl methyl sites for hydroxylation is 1. The van der Waals surface area contributed by atoms with Gasteiger partial charge in [-0.25, -0.2) is 9.97 Å². The van der Waals surface area contributed by atoms with Crippen molar-refractivity contribution in [3.05, 3.63) is 70.8 Å². The van der Waals surface area contributed by atoms with Crippen molar-refractivity contribution >= 4 is 46.4 Å². The third-order valence-corrected chi connectivity index (χ3v) is 6.36. The highest BCUT2D eigenvalue weighted by Crippen LogP contribution is 2.23. The van der Waals surface area contributed by atoms with Gasteiger partial charge in [0.25, 0.3) is 0 Å². The van der Waals surface area contributed by atoms with Crippen LogP contribution in [0.5, 0.6) is 0 Å². The van der Waals surface area contributed by atoms with Gasteiger partial charge in [0, 0.05) is 27.6 Å². The fourth-order valence-electron chi connectivity index (χ4n) is 4.59. The van der Waals surface area contributed by atoms with Gasteiger partial charge in [0.05, 0.1) is 22.8 Å². The maximum Gasteiger partial charge on any atom is 0.0690 e. The van der Waals surface area contributed by atoms with Crippen LogP contribution in [0.3, 0.4) is 0 Å².